The zero-order chi connectivity index (χ0) is 15.7. The average molecular weight is 294 g/mol. The minimum Gasteiger partial charge on any atom is -0.481 e. The van der Waals surface area contributed by atoms with Gasteiger partial charge >= 0.3 is 5.97 Å². The van der Waals surface area contributed by atoms with Gasteiger partial charge in [0.05, 0.1) is 5.92 Å². The van der Waals surface area contributed by atoms with E-state index < -0.39 is 11.9 Å². The molecule has 3 heteroatoms. The molecule has 0 heterocycles. The summed E-state index contributed by atoms with van der Waals surface area (Å²) in [6, 6.07) is 19.0. The molecule has 0 bridgehead atoms. The van der Waals surface area contributed by atoms with E-state index in [0.29, 0.717) is 0 Å². The maximum absolute atomic E-state index is 12.2. The molecule has 2 aromatic rings. The lowest BCUT2D eigenvalue weighted by Crippen LogP contribution is -2.50. The zero-order valence-corrected chi connectivity index (χ0v) is 12.3. The molecule has 1 aliphatic rings. The number of carbonyl (C=O) groups is 2. The number of benzene rings is 2. The SMILES string of the molecule is CC(=O)[C@H]1[C@H](c2ccccc2)[C@@H](C(=O)O)[C@H]1c1ccccc1. The first-order valence-electron chi connectivity index (χ1n) is 7.44. The minimum atomic E-state index is -0.833. The molecule has 22 heavy (non-hydrogen) atoms. The van der Waals surface area contributed by atoms with E-state index in [0.717, 1.165) is 11.1 Å². The molecular weight excluding hydrogens is 276 g/mol. The fraction of sp³-hybridized carbons (Fsp3) is 0.263. The van der Waals surface area contributed by atoms with Crippen LogP contribution in [0.15, 0.2) is 60.7 Å². The van der Waals surface area contributed by atoms with Crippen molar-refractivity contribution in [1.29, 1.82) is 0 Å². The van der Waals surface area contributed by atoms with Gasteiger partial charge in [0.15, 0.2) is 0 Å². The third-order valence-corrected chi connectivity index (χ3v) is 4.67. The highest BCUT2D eigenvalue weighted by Gasteiger charge is 2.56. The van der Waals surface area contributed by atoms with Crippen LogP contribution in [0.2, 0.25) is 0 Å². The topological polar surface area (TPSA) is 54.4 Å². The highest BCUT2D eigenvalue weighted by molar-refractivity contribution is 5.87. The summed E-state index contributed by atoms with van der Waals surface area (Å²) in [6.45, 7) is 1.56. The predicted molar refractivity (Wildman–Crippen MR) is 83.7 cm³/mol. The van der Waals surface area contributed by atoms with Crippen molar-refractivity contribution in [1.82, 2.24) is 0 Å². The fourth-order valence-electron chi connectivity index (χ4n) is 3.74. The highest BCUT2D eigenvalue weighted by Crippen LogP contribution is 2.57. The Morgan fingerprint density at radius 3 is 1.50 bits per heavy atom. The first kappa shape index (κ1) is 14.5. The fourth-order valence-corrected chi connectivity index (χ4v) is 3.74. The van der Waals surface area contributed by atoms with Crippen molar-refractivity contribution >= 4 is 11.8 Å². The molecule has 1 N–H and O–H groups in total. The average Bonchev–Trinajstić information content (AvgIpc) is 2.47. The van der Waals surface area contributed by atoms with Crippen molar-refractivity contribution in [3.8, 4) is 0 Å². The van der Waals surface area contributed by atoms with Crippen LogP contribution in [0, 0.1) is 11.8 Å². The van der Waals surface area contributed by atoms with E-state index in [1.54, 1.807) is 6.92 Å². The van der Waals surface area contributed by atoms with Crippen LogP contribution in [0.4, 0.5) is 0 Å². The number of carbonyl (C=O) groups excluding carboxylic acids is 1. The van der Waals surface area contributed by atoms with Crippen LogP contribution in [0.3, 0.4) is 0 Å². The minimum absolute atomic E-state index is 0.0557. The van der Waals surface area contributed by atoms with Crippen LogP contribution in [0.25, 0.3) is 0 Å². The van der Waals surface area contributed by atoms with E-state index >= 15 is 0 Å². The summed E-state index contributed by atoms with van der Waals surface area (Å²) in [5, 5.41) is 9.68. The summed E-state index contributed by atoms with van der Waals surface area (Å²) in [6.07, 6.45) is 0. The first-order valence-corrected chi connectivity index (χ1v) is 7.44. The van der Waals surface area contributed by atoms with Crippen LogP contribution < -0.4 is 0 Å². The molecule has 1 aliphatic carbocycles. The van der Waals surface area contributed by atoms with Gasteiger partial charge in [-0.2, -0.15) is 0 Å². The Hall–Kier alpha value is -2.42. The normalized spacial score (nSPS) is 27.0. The van der Waals surface area contributed by atoms with E-state index in [1.807, 2.05) is 60.7 Å². The summed E-state index contributed by atoms with van der Waals surface area (Å²) in [7, 11) is 0. The molecule has 0 aliphatic heterocycles. The van der Waals surface area contributed by atoms with Crippen LogP contribution >= 0.6 is 0 Å². The maximum Gasteiger partial charge on any atom is 0.307 e. The quantitative estimate of drug-likeness (QED) is 0.939. The molecule has 3 nitrogen and oxygen atoms in total. The maximum atomic E-state index is 12.2. The molecule has 0 spiro atoms. The summed E-state index contributed by atoms with van der Waals surface area (Å²) < 4.78 is 0. The van der Waals surface area contributed by atoms with Gasteiger partial charge in [0, 0.05) is 17.8 Å². The van der Waals surface area contributed by atoms with E-state index in [4.69, 9.17) is 0 Å². The molecule has 112 valence electrons. The molecule has 3 rings (SSSR count). The highest BCUT2D eigenvalue weighted by atomic mass is 16.4. The molecule has 0 radical (unpaired) electrons. The monoisotopic (exact) mass is 294 g/mol. The van der Waals surface area contributed by atoms with E-state index in [1.165, 1.54) is 0 Å². The lowest BCUT2D eigenvalue weighted by molar-refractivity contribution is -0.152. The summed E-state index contributed by atoms with van der Waals surface area (Å²) in [4.78, 5) is 24.0. The number of hydrogen-bond acceptors (Lipinski definition) is 2. The van der Waals surface area contributed by atoms with Crippen molar-refractivity contribution in [2.45, 2.75) is 18.8 Å². The Morgan fingerprint density at radius 2 is 1.18 bits per heavy atom. The third-order valence-electron chi connectivity index (χ3n) is 4.67. The largest absolute Gasteiger partial charge is 0.481 e. The standard InChI is InChI=1S/C19H18O3/c1-12(20)15-16(13-8-4-2-5-9-13)18(19(21)22)17(15)14-10-6-3-7-11-14/h2-11,15-18H,1H3,(H,21,22)/t15-,16-,17-,18+/m0/s1. The molecule has 0 amide bonds. The van der Waals surface area contributed by atoms with Gasteiger partial charge < -0.3 is 5.11 Å². The third kappa shape index (κ3) is 2.33. The second-order valence-electron chi connectivity index (χ2n) is 5.87. The zero-order valence-electron chi connectivity index (χ0n) is 12.3. The van der Waals surface area contributed by atoms with Crippen LogP contribution in [-0.4, -0.2) is 16.9 Å². The molecule has 0 unspecified atom stereocenters. The molecule has 0 aromatic heterocycles. The predicted octanol–water partition coefficient (Wildman–Crippen LogP) is 3.47. The molecule has 2 aromatic carbocycles. The van der Waals surface area contributed by atoms with Gasteiger partial charge in [-0.25, -0.2) is 0 Å². The second kappa shape index (κ2) is 5.76. The molecular formula is C19H18O3. The van der Waals surface area contributed by atoms with Crippen molar-refractivity contribution in [2.75, 3.05) is 0 Å². The Kier molecular flexibility index (Phi) is 3.80. The number of Topliss-reactive ketones (excluding diaryl/α,β-unsaturated/α-hetero) is 1. The summed E-state index contributed by atoms with van der Waals surface area (Å²) in [5.74, 6) is -2.10. The van der Waals surface area contributed by atoms with E-state index in [9.17, 15) is 14.7 Å². The number of carboxylic acids is 1. The number of carboxylic acid groups (broad SMARTS) is 1. The van der Waals surface area contributed by atoms with Crippen LogP contribution in [0.1, 0.15) is 29.9 Å². The van der Waals surface area contributed by atoms with E-state index in [-0.39, 0.29) is 23.5 Å². The lowest BCUT2D eigenvalue weighted by Gasteiger charge is -2.49. The molecule has 2 atom stereocenters. The molecule has 0 saturated heterocycles. The summed E-state index contributed by atoms with van der Waals surface area (Å²) in [5.41, 5.74) is 1.87. The van der Waals surface area contributed by atoms with Crippen molar-refractivity contribution < 1.29 is 14.7 Å². The number of ketones is 1. The van der Waals surface area contributed by atoms with Crippen molar-refractivity contribution in [3.63, 3.8) is 0 Å². The number of rotatable bonds is 4. The van der Waals surface area contributed by atoms with Crippen LogP contribution in [-0.2, 0) is 9.59 Å². The second-order valence-corrected chi connectivity index (χ2v) is 5.87. The van der Waals surface area contributed by atoms with Gasteiger partial charge in [-0.1, -0.05) is 60.7 Å². The Labute approximate surface area is 129 Å². The lowest BCUT2D eigenvalue weighted by atomic mass is 9.51. The Bertz CT molecular complexity index is 609. The van der Waals surface area contributed by atoms with Gasteiger partial charge in [0.25, 0.3) is 0 Å². The van der Waals surface area contributed by atoms with Gasteiger partial charge in [0.2, 0.25) is 0 Å². The van der Waals surface area contributed by atoms with Gasteiger partial charge in [-0.05, 0) is 18.1 Å². The van der Waals surface area contributed by atoms with Gasteiger partial charge in [0.1, 0.15) is 5.78 Å². The van der Waals surface area contributed by atoms with Crippen molar-refractivity contribution in [2.24, 2.45) is 11.8 Å². The number of hydrogen-bond donors (Lipinski definition) is 1. The first-order chi connectivity index (χ1) is 10.6. The summed E-state index contributed by atoms with van der Waals surface area (Å²) >= 11 is 0. The van der Waals surface area contributed by atoms with Crippen molar-refractivity contribution in [3.05, 3.63) is 71.8 Å². The Morgan fingerprint density at radius 1 is 0.773 bits per heavy atom. The van der Waals surface area contributed by atoms with Gasteiger partial charge in [-0.3, -0.25) is 9.59 Å². The van der Waals surface area contributed by atoms with E-state index in [2.05, 4.69) is 0 Å². The van der Waals surface area contributed by atoms with Crippen LogP contribution in [0.5, 0.6) is 0 Å². The number of aliphatic carboxylic acids is 1. The molecule has 1 fully saturated rings. The van der Waals surface area contributed by atoms with Gasteiger partial charge in [-0.15, -0.1) is 0 Å². The Balaban J connectivity index is 2.04. The molecule has 1 saturated carbocycles. The smallest absolute Gasteiger partial charge is 0.307 e.